The Balaban J connectivity index is 1.34. The minimum atomic E-state index is -4.54. The van der Waals surface area contributed by atoms with Crippen molar-refractivity contribution in [2.75, 3.05) is 26.2 Å². The van der Waals surface area contributed by atoms with Crippen LogP contribution in [0.5, 0.6) is 0 Å². The number of benzene rings is 2. The van der Waals surface area contributed by atoms with E-state index in [1.165, 1.54) is 15.3 Å². The van der Waals surface area contributed by atoms with Gasteiger partial charge >= 0.3 is 6.18 Å². The number of hydrogen-bond acceptors (Lipinski definition) is 6. The first kappa shape index (κ1) is 22.9. The molecule has 0 saturated carbocycles. The van der Waals surface area contributed by atoms with Gasteiger partial charge in [-0.15, -0.1) is 5.10 Å². The smallest absolute Gasteiger partial charge is 0.340 e. The molecule has 1 amide bonds. The summed E-state index contributed by atoms with van der Waals surface area (Å²) in [6.07, 6.45) is -2.93. The highest BCUT2D eigenvalue weighted by Crippen LogP contribution is 2.30. The third kappa shape index (κ3) is 5.03. The summed E-state index contributed by atoms with van der Waals surface area (Å²) < 4.78 is 66.4. The van der Waals surface area contributed by atoms with Crippen molar-refractivity contribution in [3.05, 3.63) is 66.0 Å². The molecule has 0 spiro atoms. The molecule has 1 fully saturated rings. The predicted molar refractivity (Wildman–Crippen MR) is 110 cm³/mol. The number of tetrazole rings is 1. The molecule has 13 heteroatoms. The molecule has 2 heterocycles. The highest BCUT2D eigenvalue weighted by atomic mass is 32.2. The lowest BCUT2D eigenvalue weighted by atomic mass is 10.1. The largest absolute Gasteiger partial charge is 0.416 e. The number of nitrogens with zero attached hydrogens (tertiary/aromatic N) is 6. The maximum atomic E-state index is 12.8. The number of hydrogen-bond donors (Lipinski definition) is 0. The molecule has 1 aromatic heterocycles. The van der Waals surface area contributed by atoms with Gasteiger partial charge in [0.05, 0.1) is 22.6 Å². The van der Waals surface area contributed by atoms with E-state index in [0.717, 1.165) is 35.5 Å². The summed E-state index contributed by atoms with van der Waals surface area (Å²) in [5.41, 5.74) is 0.623. The first-order valence-corrected chi connectivity index (χ1v) is 11.4. The van der Waals surface area contributed by atoms with E-state index >= 15 is 0 Å². The standard InChI is InChI=1S/C20H19F3N6O3S/c21-20(22,23)16-3-7-18(8-4-16)33(31,32)28-11-9-27(10-12-28)19(30)13-15-1-5-17(6-2-15)29-14-24-25-26-29/h1-8,14H,9-13H2. The fraction of sp³-hybridized carbons (Fsp3) is 0.300. The van der Waals surface area contributed by atoms with Crippen molar-refractivity contribution in [2.45, 2.75) is 17.5 Å². The molecule has 0 aliphatic carbocycles. The molecule has 0 atom stereocenters. The van der Waals surface area contributed by atoms with Crippen molar-refractivity contribution >= 4 is 15.9 Å². The van der Waals surface area contributed by atoms with Gasteiger partial charge in [0, 0.05) is 26.2 Å². The van der Waals surface area contributed by atoms with Crippen molar-refractivity contribution in [1.29, 1.82) is 0 Å². The van der Waals surface area contributed by atoms with Gasteiger partial charge in [-0.3, -0.25) is 4.79 Å². The lowest BCUT2D eigenvalue weighted by molar-refractivity contribution is -0.137. The highest BCUT2D eigenvalue weighted by Gasteiger charge is 2.33. The molecule has 1 saturated heterocycles. The van der Waals surface area contributed by atoms with Crippen LogP contribution < -0.4 is 0 Å². The van der Waals surface area contributed by atoms with Crippen LogP contribution in [0.15, 0.2) is 59.8 Å². The summed E-state index contributed by atoms with van der Waals surface area (Å²) >= 11 is 0. The second-order valence-electron chi connectivity index (χ2n) is 7.40. The van der Waals surface area contributed by atoms with Crippen LogP contribution in [-0.4, -0.2) is 69.9 Å². The molecule has 9 nitrogen and oxygen atoms in total. The third-order valence-corrected chi connectivity index (χ3v) is 7.23. The molecule has 174 valence electrons. The maximum Gasteiger partial charge on any atom is 0.416 e. The monoisotopic (exact) mass is 480 g/mol. The summed E-state index contributed by atoms with van der Waals surface area (Å²) in [7, 11) is -3.95. The molecule has 33 heavy (non-hydrogen) atoms. The van der Waals surface area contributed by atoms with Crippen LogP contribution in [0.3, 0.4) is 0 Å². The zero-order chi connectivity index (χ0) is 23.6. The molecule has 4 rings (SSSR count). The first-order chi connectivity index (χ1) is 15.6. The Labute approximate surface area is 187 Å². The van der Waals surface area contributed by atoms with Crippen molar-refractivity contribution in [1.82, 2.24) is 29.4 Å². The fourth-order valence-corrected chi connectivity index (χ4v) is 4.90. The van der Waals surface area contributed by atoms with E-state index in [2.05, 4.69) is 15.5 Å². The van der Waals surface area contributed by atoms with Gasteiger partial charge in [-0.2, -0.15) is 17.5 Å². The van der Waals surface area contributed by atoms with Crippen molar-refractivity contribution < 1.29 is 26.4 Å². The zero-order valence-corrected chi connectivity index (χ0v) is 18.0. The molecular formula is C20H19F3N6O3S. The van der Waals surface area contributed by atoms with Gasteiger partial charge in [0.25, 0.3) is 0 Å². The number of alkyl halides is 3. The van der Waals surface area contributed by atoms with Gasteiger partial charge in [0.1, 0.15) is 6.33 Å². The molecule has 1 aliphatic rings. The lowest BCUT2D eigenvalue weighted by Crippen LogP contribution is -2.50. The Morgan fingerprint density at radius 1 is 0.939 bits per heavy atom. The quantitative estimate of drug-likeness (QED) is 0.552. The summed E-state index contributed by atoms with van der Waals surface area (Å²) in [5.74, 6) is -0.142. The molecule has 0 bridgehead atoms. The van der Waals surface area contributed by atoms with Crippen LogP contribution in [0.4, 0.5) is 13.2 Å². The molecule has 2 aromatic carbocycles. The van der Waals surface area contributed by atoms with E-state index in [9.17, 15) is 26.4 Å². The van der Waals surface area contributed by atoms with E-state index < -0.39 is 21.8 Å². The molecule has 0 unspecified atom stereocenters. The molecule has 1 aliphatic heterocycles. The first-order valence-electron chi connectivity index (χ1n) is 9.92. The fourth-order valence-electron chi connectivity index (χ4n) is 3.48. The summed E-state index contributed by atoms with van der Waals surface area (Å²) in [5, 5.41) is 10.9. The van der Waals surface area contributed by atoms with Gasteiger partial charge in [-0.1, -0.05) is 12.1 Å². The van der Waals surface area contributed by atoms with Gasteiger partial charge in [-0.05, 0) is 52.4 Å². The Bertz CT molecular complexity index is 1210. The van der Waals surface area contributed by atoms with Gasteiger partial charge in [0.2, 0.25) is 15.9 Å². The molecule has 3 aromatic rings. The normalized spacial score (nSPS) is 15.5. The summed E-state index contributed by atoms with van der Waals surface area (Å²) in [6, 6.07) is 10.6. The number of amides is 1. The molecular weight excluding hydrogens is 461 g/mol. The number of aromatic nitrogens is 4. The SMILES string of the molecule is O=C(Cc1ccc(-n2cnnn2)cc1)N1CCN(S(=O)(=O)c2ccc(C(F)(F)F)cc2)CC1. The summed E-state index contributed by atoms with van der Waals surface area (Å²) in [6.45, 7) is 0.517. The van der Waals surface area contributed by atoms with E-state index in [0.29, 0.717) is 0 Å². The van der Waals surface area contributed by atoms with Crippen LogP contribution in [0.1, 0.15) is 11.1 Å². The van der Waals surface area contributed by atoms with Crippen LogP contribution in [0.2, 0.25) is 0 Å². The van der Waals surface area contributed by atoms with E-state index in [4.69, 9.17) is 0 Å². The van der Waals surface area contributed by atoms with Crippen LogP contribution in [0, 0.1) is 0 Å². The van der Waals surface area contributed by atoms with Crippen LogP contribution in [-0.2, 0) is 27.4 Å². The molecule has 0 radical (unpaired) electrons. The number of sulfonamides is 1. The number of carbonyl (C=O) groups excluding carboxylic acids is 1. The third-order valence-electron chi connectivity index (χ3n) is 5.32. The second kappa shape index (κ2) is 8.90. The minimum absolute atomic E-state index is 0.0628. The van der Waals surface area contributed by atoms with E-state index in [-0.39, 0.29) is 43.4 Å². The average molecular weight is 480 g/mol. The van der Waals surface area contributed by atoms with E-state index in [1.54, 1.807) is 29.2 Å². The lowest BCUT2D eigenvalue weighted by Gasteiger charge is -2.34. The Morgan fingerprint density at radius 3 is 2.12 bits per heavy atom. The van der Waals surface area contributed by atoms with Gasteiger partial charge in [-0.25, -0.2) is 13.1 Å². The topological polar surface area (TPSA) is 101 Å². The zero-order valence-electron chi connectivity index (χ0n) is 17.2. The number of halogens is 3. The van der Waals surface area contributed by atoms with Crippen LogP contribution >= 0.6 is 0 Å². The molecule has 0 N–H and O–H groups in total. The second-order valence-corrected chi connectivity index (χ2v) is 9.34. The van der Waals surface area contributed by atoms with Crippen LogP contribution in [0.25, 0.3) is 5.69 Å². The van der Waals surface area contributed by atoms with Gasteiger partial charge in [0.15, 0.2) is 0 Å². The van der Waals surface area contributed by atoms with Crippen molar-refractivity contribution in [3.63, 3.8) is 0 Å². The Morgan fingerprint density at radius 2 is 1.58 bits per heavy atom. The number of piperazine rings is 1. The predicted octanol–water partition coefficient (Wildman–Crippen LogP) is 1.76. The highest BCUT2D eigenvalue weighted by molar-refractivity contribution is 7.89. The number of carbonyl (C=O) groups is 1. The van der Waals surface area contributed by atoms with Gasteiger partial charge < -0.3 is 4.90 Å². The average Bonchev–Trinajstić information content (AvgIpc) is 3.34. The summed E-state index contributed by atoms with van der Waals surface area (Å²) in [4.78, 5) is 14.0. The number of rotatable bonds is 5. The Kier molecular flexibility index (Phi) is 6.17. The van der Waals surface area contributed by atoms with Crippen molar-refractivity contribution in [3.8, 4) is 5.69 Å². The minimum Gasteiger partial charge on any atom is -0.340 e. The maximum absolute atomic E-state index is 12.8. The van der Waals surface area contributed by atoms with Crippen molar-refractivity contribution in [2.24, 2.45) is 0 Å². The van der Waals surface area contributed by atoms with E-state index in [1.807, 2.05) is 0 Å². The Hall–Kier alpha value is -3.32.